The van der Waals surface area contributed by atoms with E-state index in [2.05, 4.69) is 9.97 Å². The molecule has 0 spiro atoms. The van der Waals surface area contributed by atoms with E-state index in [4.69, 9.17) is 4.74 Å². The molecule has 1 aromatic carbocycles. The summed E-state index contributed by atoms with van der Waals surface area (Å²) in [5, 5.41) is 23.0. The van der Waals surface area contributed by atoms with Crippen LogP contribution in [-0.2, 0) is 20.9 Å². The Balaban J connectivity index is 1.41. The SMILES string of the molecule is CC(O)[C@H]1C(=O)N2C(C(=O)OCc3ccc([N+](=O)[O-])cc3)=C(Sc3nc(-c4cccnc4)cs3)[C@H](C)[C@H]12. The Kier molecular flexibility index (Phi) is 6.80. The van der Waals surface area contributed by atoms with Crippen molar-refractivity contribution < 1.29 is 24.4 Å². The molecule has 0 bridgehead atoms. The number of fused-ring (bicyclic) bond motifs is 1. The van der Waals surface area contributed by atoms with Crippen LogP contribution in [-0.4, -0.2) is 48.9 Å². The number of non-ortho nitro benzene ring substituents is 1. The number of aromatic nitrogens is 2. The quantitative estimate of drug-likeness (QED) is 0.195. The average Bonchev–Trinajstić information content (AvgIpc) is 3.45. The molecule has 1 fully saturated rings. The maximum absolute atomic E-state index is 13.3. The van der Waals surface area contributed by atoms with Crippen molar-refractivity contribution in [3.63, 3.8) is 0 Å². The zero-order valence-electron chi connectivity index (χ0n) is 19.8. The maximum atomic E-state index is 13.3. The number of β-lactam (4-membered cyclic amide) rings is 1. The van der Waals surface area contributed by atoms with E-state index >= 15 is 0 Å². The minimum absolute atomic E-state index is 0.0617. The van der Waals surface area contributed by atoms with E-state index in [1.54, 1.807) is 19.3 Å². The molecule has 37 heavy (non-hydrogen) atoms. The lowest BCUT2D eigenvalue weighted by molar-refractivity contribution is -0.384. The molecule has 2 aliphatic rings. The summed E-state index contributed by atoms with van der Waals surface area (Å²) < 4.78 is 6.24. The first-order valence-corrected chi connectivity index (χ1v) is 13.2. The van der Waals surface area contributed by atoms with Gasteiger partial charge < -0.3 is 14.7 Å². The number of thioether (sulfide) groups is 1. The second-order valence-electron chi connectivity index (χ2n) is 8.81. The Morgan fingerprint density at radius 1 is 1.32 bits per heavy atom. The lowest BCUT2D eigenvalue weighted by Crippen LogP contribution is -2.63. The number of nitro benzene ring substituents is 1. The number of hydrogen-bond donors (Lipinski definition) is 1. The monoisotopic (exact) mass is 538 g/mol. The molecule has 4 atom stereocenters. The number of esters is 1. The summed E-state index contributed by atoms with van der Waals surface area (Å²) in [6.45, 7) is 3.39. The molecule has 2 aromatic heterocycles. The molecule has 0 aliphatic carbocycles. The van der Waals surface area contributed by atoms with Crippen LogP contribution in [0.25, 0.3) is 11.3 Å². The van der Waals surface area contributed by atoms with E-state index in [0.29, 0.717) is 14.8 Å². The van der Waals surface area contributed by atoms with Crippen molar-refractivity contribution in [2.75, 3.05) is 0 Å². The van der Waals surface area contributed by atoms with E-state index in [9.17, 15) is 24.8 Å². The second kappa shape index (κ2) is 10.0. The molecule has 5 rings (SSSR count). The highest BCUT2D eigenvalue weighted by atomic mass is 32.2. The Morgan fingerprint density at radius 2 is 2.08 bits per heavy atom. The molecule has 1 amide bonds. The molecule has 2 aliphatic heterocycles. The predicted octanol–water partition coefficient (Wildman–Crippen LogP) is 4.02. The number of amides is 1. The van der Waals surface area contributed by atoms with Crippen LogP contribution in [0.1, 0.15) is 19.4 Å². The second-order valence-corrected chi connectivity index (χ2v) is 11.0. The van der Waals surface area contributed by atoms with Crippen LogP contribution in [0.2, 0.25) is 0 Å². The highest BCUT2D eigenvalue weighted by Crippen LogP contribution is 2.52. The lowest BCUT2D eigenvalue weighted by atomic mass is 9.79. The molecular formula is C25H22N4O6S2. The number of nitrogens with zero attached hydrogens (tertiary/aromatic N) is 4. The first-order chi connectivity index (χ1) is 17.8. The topological polar surface area (TPSA) is 136 Å². The molecule has 4 heterocycles. The minimum atomic E-state index is -0.852. The predicted molar refractivity (Wildman–Crippen MR) is 136 cm³/mol. The zero-order valence-corrected chi connectivity index (χ0v) is 21.4. The van der Waals surface area contributed by atoms with Gasteiger partial charge in [-0.1, -0.05) is 18.7 Å². The fourth-order valence-corrected chi connectivity index (χ4v) is 6.72. The normalized spacial score (nSPS) is 21.4. The van der Waals surface area contributed by atoms with Gasteiger partial charge in [-0.3, -0.25) is 19.9 Å². The minimum Gasteiger partial charge on any atom is -0.456 e. The van der Waals surface area contributed by atoms with Gasteiger partial charge in [-0.05, 0) is 36.8 Å². The van der Waals surface area contributed by atoms with Gasteiger partial charge in [-0.15, -0.1) is 11.3 Å². The number of rotatable bonds is 8. The van der Waals surface area contributed by atoms with Gasteiger partial charge in [0.2, 0.25) is 5.91 Å². The van der Waals surface area contributed by atoms with Gasteiger partial charge in [-0.25, -0.2) is 9.78 Å². The first kappa shape index (κ1) is 25.1. The Hall–Kier alpha value is -3.61. The van der Waals surface area contributed by atoms with Crippen molar-refractivity contribution in [3.05, 3.63) is 80.5 Å². The van der Waals surface area contributed by atoms with Crippen molar-refractivity contribution in [1.82, 2.24) is 14.9 Å². The standard InChI is InChI=1S/C25H22N4O6S2/c1-13-20-19(14(2)30)23(31)28(20)21(24(32)35-11-15-5-7-17(8-6-15)29(33)34)22(13)37-25-27-18(12-36-25)16-4-3-9-26-10-16/h3-10,12-14,19-20,30H,11H2,1-2H3/t13-,14?,19-,20-/m1/s1. The number of aliphatic hydroxyl groups is 1. The summed E-state index contributed by atoms with van der Waals surface area (Å²) in [6.07, 6.45) is 2.56. The fraction of sp³-hybridized carbons (Fsp3) is 0.280. The Bertz CT molecular complexity index is 1390. The first-order valence-electron chi connectivity index (χ1n) is 11.5. The van der Waals surface area contributed by atoms with Crippen molar-refractivity contribution in [2.45, 2.75) is 36.9 Å². The fourth-order valence-electron chi connectivity index (χ4n) is 4.62. The van der Waals surface area contributed by atoms with E-state index in [-0.39, 0.29) is 35.9 Å². The summed E-state index contributed by atoms with van der Waals surface area (Å²) in [5.41, 5.74) is 2.30. The van der Waals surface area contributed by atoms with Gasteiger partial charge in [-0.2, -0.15) is 0 Å². The number of carbonyl (C=O) groups excluding carboxylic acids is 2. The van der Waals surface area contributed by atoms with E-state index < -0.39 is 22.9 Å². The van der Waals surface area contributed by atoms with E-state index in [1.165, 1.54) is 52.3 Å². The smallest absolute Gasteiger partial charge is 0.356 e. The highest BCUT2D eigenvalue weighted by Gasteiger charge is 2.60. The van der Waals surface area contributed by atoms with Gasteiger partial charge in [0.15, 0.2) is 4.34 Å². The molecule has 0 saturated carbocycles. The maximum Gasteiger partial charge on any atom is 0.356 e. The van der Waals surface area contributed by atoms with Crippen LogP contribution < -0.4 is 0 Å². The van der Waals surface area contributed by atoms with Crippen molar-refractivity contribution in [3.8, 4) is 11.3 Å². The summed E-state index contributed by atoms with van der Waals surface area (Å²) in [7, 11) is 0. The Labute approximate surface area is 220 Å². The number of benzene rings is 1. The number of ether oxygens (including phenoxy) is 1. The van der Waals surface area contributed by atoms with Crippen LogP contribution in [0.5, 0.6) is 0 Å². The van der Waals surface area contributed by atoms with Gasteiger partial charge >= 0.3 is 5.97 Å². The third kappa shape index (κ3) is 4.63. The van der Waals surface area contributed by atoms with Crippen molar-refractivity contribution >= 4 is 40.7 Å². The molecular weight excluding hydrogens is 516 g/mol. The van der Waals surface area contributed by atoms with Crippen LogP contribution in [0.4, 0.5) is 5.69 Å². The van der Waals surface area contributed by atoms with Crippen molar-refractivity contribution in [1.29, 1.82) is 0 Å². The summed E-state index contributed by atoms with van der Waals surface area (Å²) in [5.74, 6) is -1.81. The number of aliphatic hydroxyl groups excluding tert-OH is 1. The summed E-state index contributed by atoms with van der Waals surface area (Å²) in [4.78, 5) is 47.5. The van der Waals surface area contributed by atoms with Gasteiger partial charge in [0.1, 0.15) is 12.3 Å². The average molecular weight is 539 g/mol. The molecule has 1 saturated heterocycles. The number of nitro groups is 1. The lowest BCUT2D eigenvalue weighted by Gasteiger charge is -2.46. The molecule has 10 nitrogen and oxygen atoms in total. The molecule has 190 valence electrons. The number of carbonyl (C=O) groups is 2. The molecule has 1 N–H and O–H groups in total. The highest BCUT2D eigenvalue weighted by molar-refractivity contribution is 8.04. The summed E-state index contributed by atoms with van der Waals surface area (Å²) in [6, 6.07) is 9.10. The van der Waals surface area contributed by atoms with Crippen LogP contribution >= 0.6 is 23.1 Å². The Morgan fingerprint density at radius 3 is 2.73 bits per heavy atom. The number of hydrogen-bond acceptors (Lipinski definition) is 10. The van der Waals surface area contributed by atoms with Gasteiger partial charge in [0.25, 0.3) is 5.69 Å². The van der Waals surface area contributed by atoms with Gasteiger partial charge in [0.05, 0.1) is 28.7 Å². The summed E-state index contributed by atoms with van der Waals surface area (Å²) >= 11 is 2.74. The van der Waals surface area contributed by atoms with Gasteiger partial charge in [0, 0.05) is 46.3 Å². The van der Waals surface area contributed by atoms with Crippen LogP contribution in [0.3, 0.4) is 0 Å². The number of pyridine rings is 1. The zero-order chi connectivity index (χ0) is 26.3. The number of thiazole rings is 1. The van der Waals surface area contributed by atoms with E-state index in [0.717, 1.165) is 11.3 Å². The van der Waals surface area contributed by atoms with Crippen molar-refractivity contribution in [2.24, 2.45) is 11.8 Å². The molecule has 12 heteroatoms. The molecule has 1 unspecified atom stereocenters. The van der Waals surface area contributed by atoms with E-state index in [1.807, 2.05) is 24.4 Å². The third-order valence-corrected chi connectivity index (χ3v) is 8.68. The van der Waals surface area contributed by atoms with Crippen LogP contribution in [0.15, 0.2) is 69.1 Å². The molecule has 3 aromatic rings. The largest absolute Gasteiger partial charge is 0.456 e. The molecule has 0 radical (unpaired) electrons. The van der Waals surface area contributed by atoms with Crippen LogP contribution in [0, 0.1) is 22.0 Å². The third-order valence-electron chi connectivity index (χ3n) is 6.46.